The summed E-state index contributed by atoms with van der Waals surface area (Å²) in [7, 11) is -1.99. The molecule has 4 N–H and O–H groups in total. The molecule has 1 aliphatic carbocycles. The van der Waals surface area contributed by atoms with Gasteiger partial charge in [0.25, 0.3) is 0 Å². The Morgan fingerprint density at radius 1 is 1.28 bits per heavy atom. The third-order valence-corrected chi connectivity index (χ3v) is 8.70. The van der Waals surface area contributed by atoms with E-state index in [1.54, 1.807) is 25.4 Å². The van der Waals surface area contributed by atoms with Crippen LogP contribution in [0.1, 0.15) is 30.1 Å². The topological polar surface area (TPSA) is 119 Å². The second-order valence-electron chi connectivity index (χ2n) is 8.33. The van der Waals surface area contributed by atoms with Gasteiger partial charge in [0, 0.05) is 24.3 Å². The summed E-state index contributed by atoms with van der Waals surface area (Å²) in [4.78, 5) is 8.85. The molecule has 3 heterocycles. The molecule has 2 aliphatic heterocycles. The Morgan fingerprint density at radius 3 is 2.62 bits per heavy atom. The quantitative estimate of drug-likeness (QED) is 0.628. The van der Waals surface area contributed by atoms with Gasteiger partial charge in [-0.1, -0.05) is 0 Å². The standard InChI is InChI=1S/C22H24FN5O3S/c1-31-15-5-7-18(26-9-15)20(13-2-3-13)27-14-4-6-17(23)16(8-14)19-10-32(29,30)22(11-25-12-22)21(24)28-19/h4-9,19,25,27H,2-3,10-12H2,1H3,(H2,24,28). The van der Waals surface area contributed by atoms with Crippen LogP contribution in [0.5, 0.6) is 5.75 Å². The fourth-order valence-electron chi connectivity index (χ4n) is 4.08. The molecule has 1 unspecified atom stereocenters. The Kier molecular flexibility index (Phi) is 4.94. The van der Waals surface area contributed by atoms with Gasteiger partial charge in [-0.05, 0) is 48.7 Å². The lowest BCUT2D eigenvalue weighted by molar-refractivity contribution is 0.413. The smallest absolute Gasteiger partial charge is 0.168 e. The molecule has 1 atom stereocenters. The lowest BCUT2D eigenvalue weighted by Crippen LogP contribution is -2.72. The van der Waals surface area contributed by atoms with Crippen molar-refractivity contribution in [2.45, 2.75) is 23.6 Å². The maximum atomic E-state index is 14.8. The van der Waals surface area contributed by atoms with Crippen molar-refractivity contribution < 1.29 is 17.5 Å². The number of nitrogens with zero attached hydrogens (tertiary/aromatic N) is 2. The fraction of sp³-hybridized carbons (Fsp3) is 0.364. The highest BCUT2D eigenvalue weighted by atomic mass is 32.2. The first kappa shape index (κ1) is 20.9. The van der Waals surface area contributed by atoms with Crippen LogP contribution >= 0.6 is 0 Å². The number of aliphatic imine (C=N–C) groups is 1. The molecule has 8 nitrogen and oxygen atoms in total. The third kappa shape index (κ3) is 3.43. The Bertz CT molecular complexity index is 1230. The molecule has 1 aromatic carbocycles. The average Bonchev–Trinajstić information content (AvgIpc) is 3.56. The number of rotatable bonds is 5. The Morgan fingerprint density at radius 2 is 2.06 bits per heavy atom. The lowest BCUT2D eigenvalue weighted by Gasteiger charge is -2.44. The molecule has 2 aromatic rings. The van der Waals surface area contributed by atoms with Gasteiger partial charge in [-0.2, -0.15) is 0 Å². The number of hydrogen-bond acceptors (Lipinski definition) is 8. The van der Waals surface area contributed by atoms with Crippen LogP contribution in [0.15, 0.2) is 47.1 Å². The first-order valence-electron chi connectivity index (χ1n) is 10.4. The fourth-order valence-corrected chi connectivity index (χ4v) is 6.08. The first-order chi connectivity index (χ1) is 15.3. The molecule has 1 saturated carbocycles. The molecule has 2 fully saturated rings. The molecule has 0 bridgehead atoms. The summed E-state index contributed by atoms with van der Waals surface area (Å²) < 4.78 is 44.6. The number of benzene rings is 1. The summed E-state index contributed by atoms with van der Waals surface area (Å²) in [5, 5.41) is 6.29. The number of hydrogen-bond donors (Lipinski definition) is 3. The minimum absolute atomic E-state index is 0.0495. The van der Waals surface area contributed by atoms with Crippen molar-refractivity contribution in [1.29, 1.82) is 0 Å². The van der Waals surface area contributed by atoms with Gasteiger partial charge in [-0.3, -0.25) is 9.98 Å². The van der Waals surface area contributed by atoms with Gasteiger partial charge in [0.1, 0.15) is 17.4 Å². The van der Waals surface area contributed by atoms with Crippen LogP contribution in [0.25, 0.3) is 5.70 Å². The van der Waals surface area contributed by atoms with Gasteiger partial charge < -0.3 is 21.1 Å². The summed E-state index contributed by atoms with van der Waals surface area (Å²) in [6.07, 6.45) is 3.56. The molecular weight excluding hydrogens is 433 g/mol. The van der Waals surface area contributed by atoms with Crippen LogP contribution in [0, 0.1) is 5.82 Å². The molecule has 1 saturated heterocycles. The number of methoxy groups -OCH3 is 1. The molecule has 1 spiro atoms. The summed E-state index contributed by atoms with van der Waals surface area (Å²) in [5.74, 6) is -0.0815. The second-order valence-corrected chi connectivity index (χ2v) is 10.7. The van der Waals surface area contributed by atoms with Crippen LogP contribution in [-0.2, 0) is 9.84 Å². The zero-order valence-corrected chi connectivity index (χ0v) is 18.4. The molecule has 1 aromatic heterocycles. The highest BCUT2D eigenvalue weighted by molar-refractivity contribution is 7.93. The minimum atomic E-state index is -3.58. The minimum Gasteiger partial charge on any atom is -0.495 e. The summed E-state index contributed by atoms with van der Waals surface area (Å²) in [6.45, 7) is 0.487. The van der Waals surface area contributed by atoms with Crippen molar-refractivity contribution >= 4 is 27.1 Å². The zero-order chi connectivity index (χ0) is 22.5. The second kappa shape index (κ2) is 7.56. The molecule has 0 amide bonds. The van der Waals surface area contributed by atoms with E-state index in [0.29, 0.717) is 11.4 Å². The van der Waals surface area contributed by atoms with Crippen LogP contribution in [0.4, 0.5) is 10.1 Å². The summed E-state index contributed by atoms with van der Waals surface area (Å²) >= 11 is 0. The van der Waals surface area contributed by atoms with E-state index in [4.69, 9.17) is 10.5 Å². The Balaban J connectivity index is 1.46. The Labute approximate surface area is 185 Å². The number of ether oxygens (including phenoxy) is 1. The van der Waals surface area contributed by atoms with Gasteiger partial charge in [-0.25, -0.2) is 12.8 Å². The number of nitrogens with two attached hydrogens (primary N) is 1. The van der Waals surface area contributed by atoms with E-state index in [1.807, 2.05) is 12.1 Å². The van der Waals surface area contributed by atoms with E-state index in [0.717, 1.165) is 24.2 Å². The van der Waals surface area contributed by atoms with Gasteiger partial charge in [0.05, 0.1) is 36.5 Å². The summed E-state index contributed by atoms with van der Waals surface area (Å²) in [5.41, 5.74) is 9.73. The van der Waals surface area contributed by atoms with E-state index < -0.39 is 26.4 Å². The monoisotopic (exact) mass is 457 g/mol. The van der Waals surface area contributed by atoms with Crippen LogP contribution < -0.4 is 21.1 Å². The maximum absolute atomic E-state index is 14.8. The largest absolute Gasteiger partial charge is 0.495 e. The highest BCUT2D eigenvalue weighted by Crippen LogP contribution is 2.39. The van der Waals surface area contributed by atoms with Crippen LogP contribution in [-0.4, -0.2) is 49.9 Å². The SMILES string of the molecule is COc1ccc(C(Nc2ccc(F)c(C3CS(=O)(=O)C4(CNC4)C(N)=N3)c2)=C2CC2)nc1. The summed E-state index contributed by atoms with van der Waals surface area (Å²) in [6, 6.07) is 7.36. The maximum Gasteiger partial charge on any atom is 0.168 e. The van der Waals surface area contributed by atoms with Gasteiger partial charge >= 0.3 is 0 Å². The normalized spacial score (nSPS) is 22.6. The number of sulfone groups is 1. The number of allylic oxidation sites excluding steroid dienone is 1. The number of anilines is 1. The molecule has 10 heteroatoms. The van der Waals surface area contributed by atoms with Crippen molar-refractivity contribution in [2.75, 3.05) is 31.3 Å². The predicted octanol–water partition coefficient (Wildman–Crippen LogP) is 2.01. The van der Waals surface area contributed by atoms with Crippen molar-refractivity contribution in [2.24, 2.45) is 10.7 Å². The molecule has 168 valence electrons. The molecule has 32 heavy (non-hydrogen) atoms. The van der Waals surface area contributed by atoms with Crippen molar-refractivity contribution in [3.8, 4) is 5.75 Å². The number of pyridine rings is 1. The van der Waals surface area contributed by atoms with E-state index >= 15 is 0 Å². The van der Waals surface area contributed by atoms with Crippen molar-refractivity contribution in [3.63, 3.8) is 0 Å². The number of nitrogens with one attached hydrogen (secondary N) is 2. The van der Waals surface area contributed by atoms with E-state index in [1.165, 1.54) is 11.6 Å². The van der Waals surface area contributed by atoms with Crippen LogP contribution in [0.2, 0.25) is 0 Å². The van der Waals surface area contributed by atoms with Gasteiger partial charge in [0.15, 0.2) is 14.6 Å². The van der Waals surface area contributed by atoms with Crippen molar-refractivity contribution in [3.05, 3.63) is 59.2 Å². The highest BCUT2D eigenvalue weighted by Gasteiger charge is 2.55. The Hall–Kier alpha value is -2.98. The molecule has 3 aliphatic rings. The third-order valence-electron chi connectivity index (χ3n) is 6.26. The van der Waals surface area contributed by atoms with E-state index in [-0.39, 0.29) is 30.2 Å². The predicted molar refractivity (Wildman–Crippen MR) is 121 cm³/mol. The van der Waals surface area contributed by atoms with Gasteiger partial charge in [0.2, 0.25) is 0 Å². The zero-order valence-electron chi connectivity index (χ0n) is 17.6. The lowest BCUT2D eigenvalue weighted by atomic mass is 9.99. The average molecular weight is 458 g/mol. The number of aromatic nitrogens is 1. The molecule has 0 radical (unpaired) electrons. The van der Waals surface area contributed by atoms with E-state index in [9.17, 15) is 12.8 Å². The first-order valence-corrected chi connectivity index (χ1v) is 12.0. The van der Waals surface area contributed by atoms with Gasteiger partial charge in [-0.15, -0.1) is 0 Å². The molecule has 5 rings (SSSR count). The van der Waals surface area contributed by atoms with Crippen LogP contribution in [0.3, 0.4) is 0 Å². The molecular formula is C22H24FN5O3S. The number of halogens is 1. The van der Waals surface area contributed by atoms with E-state index in [2.05, 4.69) is 20.6 Å². The van der Waals surface area contributed by atoms with Crippen molar-refractivity contribution in [1.82, 2.24) is 10.3 Å². The number of amidine groups is 1.